The molecule has 2 rings (SSSR count). The number of aliphatic hydroxyl groups excluding tert-OH is 1. The molecule has 17 heavy (non-hydrogen) atoms. The first-order chi connectivity index (χ1) is 8.19. The molecule has 1 aliphatic carbocycles. The van der Waals surface area contributed by atoms with E-state index in [0.717, 1.165) is 25.7 Å². The lowest BCUT2D eigenvalue weighted by Crippen LogP contribution is -2.34. The van der Waals surface area contributed by atoms with Crippen molar-refractivity contribution in [1.29, 1.82) is 0 Å². The Morgan fingerprint density at radius 3 is 2.76 bits per heavy atom. The molecule has 0 amide bonds. The molecule has 1 aromatic rings. The third-order valence-electron chi connectivity index (χ3n) is 3.12. The molecule has 1 saturated carbocycles. The van der Waals surface area contributed by atoms with Gasteiger partial charge < -0.3 is 15.6 Å². The van der Waals surface area contributed by atoms with Gasteiger partial charge in [-0.2, -0.15) is 0 Å². The van der Waals surface area contributed by atoms with Crippen LogP contribution in [-0.2, 0) is 6.54 Å². The van der Waals surface area contributed by atoms with Crippen molar-refractivity contribution < 1.29 is 14.2 Å². The fourth-order valence-corrected chi connectivity index (χ4v) is 2.20. The molecule has 0 bridgehead atoms. The van der Waals surface area contributed by atoms with Crippen LogP contribution in [0.4, 0.5) is 4.39 Å². The number of rotatable bonds is 3. The maximum Gasteiger partial charge on any atom is 0.127 e. The number of aliphatic hydroxyl groups is 1. The van der Waals surface area contributed by atoms with Crippen LogP contribution < -0.4 is 10.5 Å². The van der Waals surface area contributed by atoms with Crippen molar-refractivity contribution in [2.75, 3.05) is 0 Å². The zero-order valence-electron chi connectivity index (χ0n) is 9.73. The topological polar surface area (TPSA) is 55.5 Å². The molecule has 1 aliphatic rings. The van der Waals surface area contributed by atoms with Crippen LogP contribution in [0.5, 0.6) is 5.75 Å². The van der Waals surface area contributed by atoms with Crippen molar-refractivity contribution in [3.63, 3.8) is 0 Å². The molecule has 0 spiro atoms. The average Bonchev–Trinajstić information content (AvgIpc) is 2.31. The zero-order valence-corrected chi connectivity index (χ0v) is 9.73. The Labute approximate surface area is 100 Å². The molecular weight excluding hydrogens is 221 g/mol. The molecule has 94 valence electrons. The number of halogens is 1. The number of hydrogen-bond acceptors (Lipinski definition) is 3. The van der Waals surface area contributed by atoms with E-state index in [0.29, 0.717) is 11.3 Å². The SMILES string of the molecule is NCc1cc(F)cc(OC2CCCCC2O)c1. The molecule has 0 aliphatic heterocycles. The fraction of sp³-hybridized carbons (Fsp3) is 0.538. The third-order valence-corrected chi connectivity index (χ3v) is 3.12. The summed E-state index contributed by atoms with van der Waals surface area (Å²) in [5, 5.41) is 9.78. The molecule has 3 nitrogen and oxygen atoms in total. The van der Waals surface area contributed by atoms with Crippen LogP contribution in [-0.4, -0.2) is 17.3 Å². The van der Waals surface area contributed by atoms with E-state index in [1.54, 1.807) is 6.07 Å². The van der Waals surface area contributed by atoms with Crippen molar-refractivity contribution in [2.24, 2.45) is 5.73 Å². The zero-order chi connectivity index (χ0) is 12.3. The summed E-state index contributed by atoms with van der Waals surface area (Å²) in [5.74, 6) is 0.102. The van der Waals surface area contributed by atoms with Gasteiger partial charge in [-0.1, -0.05) is 6.42 Å². The second-order valence-electron chi connectivity index (χ2n) is 4.51. The molecule has 2 atom stereocenters. The Bertz CT molecular complexity index is 384. The Morgan fingerprint density at radius 1 is 1.29 bits per heavy atom. The van der Waals surface area contributed by atoms with E-state index in [9.17, 15) is 9.50 Å². The number of benzene rings is 1. The second-order valence-corrected chi connectivity index (χ2v) is 4.51. The minimum absolute atomic E-state index is 0.226. The first-order valence-corrected chi connectivity index (χ1v) is 6.03. The van der Waals surface area contributed by atoms with Crippen molar-refractivity contribution in [1.82, 2.24) is 0 Å². The summed E-state index contributed by atoms with van der Waals surface area (Å²) in [6.07, 6.45) is 2.96. The molecule has 0 saturated heterocycles. The second kappa shape index (κ2) is 5.47. The highest BCUT2D eigenvalue weighted by Gasteiger charge is 2.24. The molecule has 0 aromatic heterocycles. The summed E-state index contributed by atoms with van der Waals surface area (Å²) in [5.41, 5.74) is 6.18. The normalized spacial score (nSPS) is 24.6. The lowest BCUT2D eigenvalue weighted by molar-refractivity contribution is 0.00669. The van der Waals surface area contributed by atoms with Crippen LogP contribution in [0.2, 0.25) is 0 Å². The quantitative estimate of drug-likeness (QED) is 0.847. The maximum atomic E-state index is 13.3. The van der Waals surface area contributed by atoms with Gasteiger partial charge in [-0.15, -0.1) is 0 Å². The Balaban J connectivity index is 2.09. The molecule has 1 fully saturated rings. The lowest BCUT2D eigenvalue weighted by atomic mass is 9.95. The van der Waals surface area contributed by atoms with Crippen LogP contribution in [0.25, 0.3) is 0 Å². The van der Waals surface area contributed by atoms with E-state index in [4.69, 9.17) is 10.5 Å². The molecule has 0 heterocycles. The number of nitrogens with two attached hydrogens (primary N) is 1. The smallest absolute Gasteiger partial charge is 0.127 e. The van der Waals surface area contributed by atoms with E-state index < -0.39 is 6.10 Å². The number of ether oxygens (including phenoxy) is 1. The van der Waals surface area contributed by atoms with Crippen LogP contribution in [0.1, 0.15) is 31.2 Å². The largest absolute Gasteiger partial charge is 0.488 e. The minimum atomic E-state index is -0.451. The van der Waals surface area contributed by atoms with Gasteiger partial charge in [0.05, 0.1) is 6.10 Å². The highest BCUT2D eigenvalue weighted by atomic mass is 19.1. The van der Waals surface area contributed by atoms with Gasteiger partial charge in [0, 0.05) is 12.6 Å². The first-order valence-electron chi connectivity index (χ1n) is 6.03. The van der Waals surface area contributed by atoms with E-state index in [1.807, 2.05) is 0 Å². The number of hydrogen-bond donors (Lipinski definition) is 2. The van der Waals surface area contributed by atoms with Gasteiger partial charge in [0.1, 0.15) is 17.7 Å². The van der Waals surface area contributed by atoms with Gasteiger partial charge in [-0.25, -0.2) is 4.39 Å². The van der Waals surface area contributed by atoms with Crippen molar-refractivity contribution in [3.8, 4) is 5.75 Å². The predicted molar refractivity (Wildman–Crippen MR) is 63.2 cm³/mol. The summed E-state index contributed by atoms with van der Waals surface area (Å²) in [6, 6.07) is 4.45. The summed E-state index contributed by atoms with van der Waals surface area (Å²) >= 11 is 0. The van der Waals surface area contributed by atoms with E-state index in [-0.39, 0.29) is 18.5 Å². The van der Waals surface area contributed by atoms with Crippen LogP contribution in [0, 0.1) is 5.82 Å². The monoisotopic (exact) mass is 239 g/mol. The summed E-state index contributed by atoms with van der Waals surface area (Å²) < 4.78 is 18.9. The highest BCUT2D eigenvalue weighted by Crippen LogP contribution is 2.25. The Hall–Kier alpha value is -1.13. The van der Waals surface area contributed by atoms with Gasteiger partial charge in [0.15, 0.2) is 0 Å². The van der Waals surface area contributed by atoms with Gasteiger partial charge in [-0.3, -0.25) is 0 Å². The van der Waals surface area contributed by atoms with E-state index in [2.05, 4.69) is 0 Å². The fourth-order valence-electron chi connectivity index (χ4n) is 2.20. The molecule has 0 radical (unpaired) electrons. The highest BCUT2D eigenvalue weighted by molar-refractivity contribution is 5.29. The molecule has 4 heteroatoms. The van der Waals surface area contributed by atoms with Crippen LogP contribution in [0.3, 0.4) is 0 Å². The summed E-state index contributed by atoms with van der Waals surface area (Å²) in [7, 11) is 0. The molecule has 2 unspecified atom stereocenters. The van der Waals surface area contributed by atoms with Crippen molar-refractivity contribution in [2.45, 2.75) is 44.4 Å². The lowest BCUT2D eigenvalue weighted by Gasteiger charge is -2.28. The molecule has 1 aromatic carbocycles. The van der Waals surface area contributed by atoms with Gasteiger partial charge in [0.2, 0.25) is 0 Å². The summed E-state index contributed by atoms with van der Waals surface area (Å²) in [4.78, 5) is 0. The van der Waals surface area contributed by atoms with Gasteiger partial charge in [-0.05, 0) is 37.0 Å². The van der Waals surface area contributed by atoms with Crippen molar-refractivity contribution >= 4 is 0 Å². The predicted octanol–water partition coefficient (Wildman–Crippen LogP) is 1.97. The average molecular weight is 239 g/mol. The maximum absolute atomic E-state index is 13.3. The standard InChI is InChI=1S/C13H18FNO2/c14-10-5-9(8-15)6-11(7-10)17-13-4-2-1-3-12(13)16/h5-7,12-13,16H,1-4,8,15H2. The minimum Gasteiger partial charge on any atom is -0.488 e. The van der Waals surface area contributed by atoms with E-state index in [1.165, 1.54) is 12.1 Å². The van der Waals surface area contributed by atoms with Crippen LogP contribution in [0.15, 0.2) is 18.2 Å². The Kier molecular flexibility index (Phi) is 3.97. The third kappa shape index (κ3) is 3.17. The van der Waals surface area contributed by atoms with Gasteiger partial charge >= 0.3 is 0 Å². The van der Waals surface area contributed by atoms with Crippen LogP contribution >= 0.6 is 0 Å². The van der Waals surface area contributed by atoms with E-state index >= 15 is 0 Å². The Morgan fingerprint density at radius 2 is 2.06 bits per heavy atom. The first kappa shape index (κ1) is 12.3. The van der Waals surface area contributed by atoms with Crippen molar-refractivity contribution in [3.05, 3.63) is 29.6 Å². The van der Waals surface area contributed by atoms with Gasteiger partial charge in [0.25, 0.3) is 0 Å². The summed E-state index contributed by atoms with van der Waals surface area (Å²) in [6.45, 7) is 0.279. The molecule has 3 N–H and O–H groups in total. The molecular formula is C13H18FNO2.